The van der Waals surface area contributed by atoms with E-state index < -0.39 is 47.2 Å². The summed E-state index contributed by atoms with van der Waals surface area (Å²) in [4.78, 5) is 11.3. The van der Waals surface area contributed by atoms with Crippen LogP contribution >= 0.6 is 0 Å². The minimum atomic E-state index is -4.71. The Bertz CT molecular complexity index is 1140. The normalized spacial score (nSPS) is 26.1. The van der Waals surface area contributed by atoms with Crippen molar-refractivity contribution in [1.82, 2.24) is 5.32 Å². The van der Waals surface area contributed by atoms with Gasteiger partial charge in [0, 0.05) is 6.04 Å². The van der Waals surface area contributed by atoms with Crippen LogP contribution in [0.5, 0.6) is 5.75 Å². The maximum Gasteiger partial charge on any atom is 0.420 e. The summed E-state index contributed by atoms with van der Waals surface area (Å²) >= 11 is 0. The van der Waals surface area contributed by atoms with E-state index >= 15 is 0 Å². The van der Waals surface area contributed by atoms with E-state index in [0.717, 1.165) is 0 Å². The molecule has 2 aliphatic carbocycles. The Morgan fingerprint density at radius 1 is 1.05 bits per heavy atom. The molecule has 4 nitrogen and oxygen atoms in total. The molecule has 0 bridgehead atoms. The van der Waals surface area contributed by atoms with Crippen LogP contribution in [0.25, 0.3) is 10.8 Å². The van der Waals surface area contributed by atoms with Gasteiger partial charge in [-0.1, -0.05) is 38.1 Å². The number of hydrogen-bond acceptors (Lipinski definition) is 3. The van der Waals surface area contributed by atoms with Gasteiger partial charge in [-0.3, -0.25) is 4.79 Å². The first-order valence-electron chi connectivity index (χ1n) is 12.5. The molecule has 2 aromatic rings. The van der Waals surface area contributed by atoms with Crippen LogP contribution in [-0.2, 0) is 17.4 Å². The topological polar surface area (TPSA) is 58.6 Å². The van der Waals surface area contributed by atoms with Gasteiger partial charge in [-0.05, 0) is 72.9 Å². The Morgan fingerprint density at radius 3 is 2.27 bits per heavy atom. The van der Waals surface area contributed by atoms with E-state index in [0.29, 0.717) is 30.3 Å². The van der Waals surface area contributed by atoms with Crippen molar-refractivity contribution in [3.8, 4) is 5.75 Å². The summed E-state index contributed by atoms with van der Waals surface area (Å²) in [5.74, 6) is -3.06. The highest BCUT2D eigenvalue weighted by atomic mass is 19.4. The van der Waals surface area contributed by atoms with E-state index in [1.807, 2.05) is 13.8 Å². The van der Waals surface area contributed by atoms with Crippen LogP contribution in [0.4, 0.5) is 26.3 Å². The summed E-state index contributed by atoms with van der Waals surface area (Å²) in [5.41, 5.74) is -0.646. The fraction of sp³-hybridized carbons (Fsp3) is 0.593. The number of nitrogens with one attached hydrogen (secondary N) is 1. The van der Waals surface area contributed by atoms with Crippen molar-refractivity contribution in [3.05, 3.63) is 41.5 Å². The van der Waals surface area contributed by atoms with Gasteiger partial charge in [0.2, 0.25) is 0 Å². The number of alkyl halides is 6. The number of carbonyl (C=O) groups is 1. The zero-order valence-electron chi connectivity index (χ0n) is 20.7. The number of carboxylic acid groups (broad SMARTS) is 1. The molecule has 4 rings (SSSR count). The number of aliphatic carboxylic acids is 1. The Balaban J connectivity index is 1.48. The molecule has 0 radical (unpaired) electrons. The minimum Gasteiger partial charge on any atom is -0.490 e. The van der Waals surface area contributed by atoms with Crippen LogP contribution in [0.2, 0.25) is 0 Å². The van der Waals surface area contributed by atoms with Gasteiger partial charge in [0.1, 0.15) is 11.3 Å². The molecule has 2 saturated carbocycles. The first-order valence-corrected chi connectivity index (χ1v) is 12.5. The standard InChI is InChI=1S/C27H31F6NO3/c1-25(2)20(24(35)36)14-22(25)34-12-11-15-3-4-16-5-10-21(23(19(16)13-15)27(31,32)33)37-18-8-6-17(7-9-18)26(28,29)30/h3-5,10,13,17-18,20,22,34H,6-9,11-12,14H2,1-2H3,(H,35,36)/t17-,18+,20-,22-/m1/s1. The molecule has 2 aliphatic rings. The molecule has 0 amide bonds. The van der Waals surface area contributed by atoms with Crippen molar-refractivity contribution in [3.63, 3.8) is 0 Å². The largest absolute Gasteiger partial charge is 0.490 e. The molecule has 2 aromatic carbocycles. The molecule has 0 aromatic heterocycles. The maximum absolute atomic E-state index is 14.2. The number of rotatable bonds is 7. The van der Waals surface area contributed by atoms with E-state index in [1.165, 1.54) is 18.2 Å². The molecule has 0 heterocycles. The van der Waals surface area contributed by atoms with Gasteiger partial charge in [-0.25, -0.2) is 0 Å². The lowest BCUT2D eigenvalue weighted by molar-refractivity contribution is -0.185. The summed E-state index contributed by atoms with van der Waals surface area (Å²) in [6.45, 7) is 4.25. The van der Waals surface area contributed by atoms with Crippen molar-refractivity contribution in [2.45, 2.75) is 76.9 Å². The summed E-state index contributed by atoms with van der Waals surface area (Å²) in [5, 5.41) is 13.0. The molecule has 10 heteroatoms. The third kappa shape index (κ3) is 5.84. The SMILES string of the molecule is CC1(C)[C@@H](C(=O)O)C[C@H]1NCCc1ccc2ccc(O[C@H]3CC[C@@H](C(F)(F)F)CC3)c(C(F)(F)F)c2c1. The zero-order chi connectivity index (χ0) is 27.2. The van der Waals surface area contributed by atoms with Gasteiger partial charge in [-0.15, -0.1) is 0 Å². The smallest absolute Gasteiger partial charge is 0.420 e. The predicted octanol–water partition coefficient (Wildman–Crippen LogP) is 6.99. The third-order valence-electron chi connectivity index (χ3n) is 8.13. The second kappa shape index (κ2) is 10.0. The van der Waals surface area contributed by atoms with Crippen molar-refractivity contribution in [1.29, 1.82) is 0 Å². The van der Waals surface area contributed by atoms with E-state index in [-0.39, 0.29) is 42.9 Å². The molecule has 0 aliphatic heterocycles. The number of halogens is 6. The number of ether oxygens (including phenoxy) is 1. The van der Waals surface area contributed by atoms with Gasteiger partial charge in [-0.2, -0.15) is 26.3 Å². The fourth-order valence-corrected chi connectivity index (χ4v) is 5.66. The average molecular weight is 532 g/mol. The van der Waals surface area contributed by atoms with E-state index in [2.05, 4.69) is 5.32 Å². The third-order valence-corrected chi connectivity index (χ3v) is 8.13. The van der Waals surface area contributed by atoms with Crippen molar-refractivity contribution in [2.75, 3.05) is 6.54 Å². The van der Waals surface area contributed by atoms with Crippen LogP contribution in [-0.4, -0.2) is 35.9 Å². The molecular weight excluding hydrogens is 500 g/mol. The quantitative estimate of drug-likeness (QED) is 0.378. The van der Waals surface area contributed by atoms with Gasteiger partial charge >= 0.3 is 18.3 Å². The summed E-state index contributed by atoms with van der Waals surface area (Å²) in [6, 6.07) is 7.65. The highest BCUT2D eigenvalue weighted by Gasteiger charge is 2.51. The van der Waals surface area contributed by atoms with Crippen molar-refractivity contribution >= 4 is 16.7 Å². The lowest BCUT2D eigenvalue weighted by atomic mass is 9.58. The maximum atomic E-state index is 14.2. The molecule has 0 saturated heterocycles. The minimum absolute atomic E-state index is 0.00670. The van der Waals surface area contributed by atoms with Crippen LogP contribution in [0.1, 0.15) is 57.1 Å². The van der Waals surface area contributed by atoms with E-state index in [9.17, 15) is 36.2 Å². The van der Waals surface area contributed by atoms with Crippen molar-refractivity contribution < 1.29 is 41.0 Å². The molecular formula is C27H31F6NO3. The van der Waals surface area contributed by atoms with Gasteiger partial charge in [0.15, 0.2) is 0 Å². The molecule has 0 unspecified atom stereocenters. The van der Waals surface area contributed by atoms with E-state index in [4.69, 9.17) is 4.74 Å². The zero-order valence-corrected chi connectivity index (χ0v) is 20.7. The number of hydrogen-bond donors (Lipinski definition) is 2. The number of benzene rings is 2. The predicted molar refractivity (Wildman–Crippen MR) is 126 cm³/mol. The van der Waals surface area contributed by atoms with Crippen LogP contribution in [0, 0.1) is 17.3 Å². The molecule has 204 valence electrons. The lowest BCUT2D eigenvalue weighted by Gasteiger charge is -2.50. The summed E-state index contributed by atoms with van der Waals surface area (Å²) < 4.78 is 87.1. The van der Waals surface area contributed by atoms with Crippen LogP contribution < -0.4 is 10.1 Å². The number of fused-ring (bicyclic) bond motifs is 1. The molecule has 0 spiro atoms. The highest BCUT2D eigenvalue weighted by Crippen LogP contribution is 2.47. The first kappa shape index (κ1) is 27.5. The second-order valence-electron chi connectivity index (χ2n) is 10.8. The van der Waals surface area contributed by atoms with E-state index in [1.54, 1.807) is 12.1 Å². The molecule has 2 fully saturated rings. The van der Waals surface area contributed by atoms with Gasteiger partial charge < -0.3 is 15.2 Å². The lowest BCUT2D eigenvalue weighted by Crippen LogP contribution is -2.59. The highest BCUT2D eigenvalue weighted by molar-refractivity contribution is 5.89. The van der Waals surface area contributed by atoms with Gasteiger partial charge in [0.25, 0.3) is 0 Å². The average Bonchev–Trinajstić information content (AvgIpc) is 2.79. The second-order valence-corrected chi connectivity index (χ2v) is 10.8. The Hall–Kier alpha value is -2.49. The van der Waals surface area contributed by atoms with Crippen LogP contribution in [0.15, 0.2) is 30.3 Å². The molecule has 37 heavy (non-hydrogen) atoms. The van der Waals surface area contributed by atoms with Gasteiger partial charge in [0.05, 0.1) is 17.9 Å². The monoisotopic (exact) mass is 531 g/mol. The Morgan fingerprint density at radius 2 is 1.70 bits per heavy atom. The first-order chi connectivity index (χ1) is 17.2. The Labute approximate surface area is 211 Å². The van der Waals surface area contributed by atoms with Crippen molar-refractivity contribution in [2.24, 2.45) is 17.3 Å². The number of carboxylic acids is 1. The van der Waals surface area contributed by atoms with Crippen LogP contribution in [0.3, 0.4) is 0 Å². The summed E-state index contributed by atoms with van der Waals surface area (Å²) in [6.07, 6.45) is -8.99. The summed E-state index contributed by atoms with van der Waals surface area (Å²) in [7, 11) is 0. The Kier molecular flexibility index (Phi) is 7.44. The molecule has 2 N–H and O–H groups in total. The fourth-order valence-electron chi connectivity index (χ4n) is 5.66. The molecule has 2 atom stereocenters.